The van der Waals surface area contributed by atoms with Crippen molar-refractivity contribution in [3.8, 4) is 11.8 Å². The standard InChI is InChI=1S/C23H17NO/c25-23(18-16-20-11-5-2-6-12-20)24-22-14-8-7-13-21(22)17-15-19-9-3-1-4-10-19/h1-14,16,18H,(H,24,25). The Morgan fingerprint density at radius 3 is 2.16 bits per heavy atom. The van der Waals surface area contributed by atoms with Gasteiger partial charge < -0.3 is 5.32 Å². The van der Waals surface area contributed by atoms with Gasteiger partial charge in [-0.05, 0) is 35.9 Å². The highest BCUT2D eigenvalue weighted by Gasteiger charge is 2.02. The van der Waals surface area contributed by atoms with Crippen molar-refractivity contribution in [3.05, 3.63) is 108 Å². The highest BCUT2D eigenvalue weighted by Crippen LogP contribution is 2.14. The van der Waals surface area contributed by atoms with Gasteiger partial charge in [-0.1, -0.05) is 72.5 Å². The summed E-state index contributed by atoms with van der Waals surface area (Å²) in [7, 11) is 0. The molecule has 1 N–H and O–H groups in total. The maximum absolute atomic E-state index is 12.2. The molecule has 3 aromatic carbocycles. The van der Waals surface area contributed by atoms with Crippen molar-refractivity contribution < 1.29 is 4.79 Å². The summed E-state index contributed by atoms with van der Waals surface area (Å²) in [6, 6.07) is 27.0. The first-order valence-corrected chi connectivity index (χ1v) is 8.01. The summed E-state index contributed by atoms with van der Waals surface area (Å²) in [6.07, 6.45) is 3.31. The van der Waals surface area contributed by atoms with Crippen LogP contribution in [0.15, 0.2) is 91.0 Å². The molecule has 0 bridgehead atoms. The number of para-hydroxylation sites is 1. The second-order valence-electron chi connectivity index (χ2n) is 5.39. The van der Waals surface area contributed by atoms with Gasteiger partial charge in [0.25, 0.3) is 0 Å². The number of nitrogens with one attached hydrogen (secondary N) is 1. The predicted octanol–water partition coefficient (Wildman–Crippen LogP) is 4.74. The minimum absolute atomic E-state index is 0.183. The Morgan fingerprint density at radius 1 is 0.760 bits per heavy atom. The highest BCUT2D eigenvalue weighted by molar-refractivity contribution is 6.02. The van der Waals surface area contributed by atoms with Crippen molar-refractivity contribution in [2.45, 2.75) is 0 Å². The summed E-state index contributed by atoms with van der Waals surface area (Å²) in [5.74, 6) is 6.05. The molecule has 2 nitrogen and oxygen atoms in total. The summed E-state index contributed by atoms with van der Waals surface area (Å²) in [5.41, 5.74) is 3.41. The molecule has 1 amide bonds. The monoisotopic (exact) mass is 323 g/mol. The van der Waals surface area contributed by atoms with Gasteiger partial charge in [-0.25, -0.2) is 0 Å². The van der Waals surface area contributed by atoms with Gasteiger partial charge in [-0.3, -0.25) is 4.79 Å². The Hall–Kier alpha value is -3.57. The van der Waals surface area contributed by atoms with Crippen molar-refractivity contribution in [1.29, 1.82) is 0 Å². The average Bonchev–Trinajstić information content (AvgIpc) is 2.67. The van der Waals surface area contributed by atoms with Crippen molar-refractivity contribution in [2.24, 2.45) is 0 Å². The zero-order chi connectivity index (χ0) is 17.3. The van der Waals surface area contributed by atoms with Gasteiger partial charge in [0, 0.05) is 17.2 Å². The third-order valence-electron chi connectivity index (χ3n) is 3.53. The van der Waals surface area contributed by atoms with Crippen LogP contribution in [0, 0.1) is 11.8 Å². The number of anilines is 1. The Morgan fingerprint density at radius 2 is 1.40 bits per heavy atom. The molecule has 0 spiro atoms. The number of rotatable bonds is 3. The van der Waals surface area contributed by atoms with Crippen LogP contribution in [0.25, 0.3) is 6.08 Å². The molecule has 0 saturated carbocycles. The van der Waals surface area contributed by atoms with E-state index < -0.39 is 0 Å². The third-order valence-corrected chi connectivity index (χ3v) is 3.53. The second kappa shape index (κ2) is 8.33. The Labute approximate surface area is 147 Å². The molecule has 0 aliphatic carbocycles. The maximum atomic E-state index is 12.2. The van der Waals surface area contributed by atoms with E-state index in [0.717, 1.165) is 16.7 Å². The summed E-state index contributed by atoms with van der Waals surface area (Å²) in [5, 5.41) is 2.89. The summed E-state index contributed by atoms with van der Waals surface area (Å²) in [4.78, 5) is 12.2. The lowest BCUT2D eigenvalue weighted by atomic mass is 10.1. The van der Waals surface area contributed by atoms with Crippen LogP contribution in [-0.2, 0) is 4.79 Å². The van der Waals surface area contributed by atoms with Crippen LogP contribution in [-0.4, -0.2) is 5.91 Å². The minimum atomic E-state index is -0.183. The van der Waals surface area contributed by atoms with E-state index in [1.807, 2.05) is 84.9 Å². The summed E-state index contributed by atoms with van der Waals surface area (Å²) >= 11 is 0. The SMILES string of the molecule is O=C(C=Cc1ccccc1)Nc1ccccc1C#Cc1ccccc1. The largest absolute Gasteiger partial charge is 0.321 e. The van der Waals surface area contributed by atoms with Crippen molar-refractivity contribution >= 4 is 17.7 Å². The van der Waals surface area contributed by atoms with E-state index in [4.69, 9.17) is 0 Å². The first kappa shape index (κ1) is 16.3. The zero-order valence-electron chi connectivity index (χ0n) is 13.6. The van der Waals surface area contributed by atoms with Crippen LogP contribution in [0.1, 0.15) is 16.7 Å². The van der Waals surface area contributed by atoms with Crippen LogP contribution in [0.3, 0.4) is 0 Å². The van der Waals surface area contributed by atoms with Crippen LogP contribution in [0.2, 0.25) is 0 Å². The topological polar surface area (TPSA) is 29.1 Å². The molecule has 2 heteroatoms. The van der Waals surface area contributed by atoms with E-state index in [-0.39, 0.29) is 5.91 Å². The number of carbonyl (C=O) groups excluding carboxylic acids is 1. The maximum Gasteiger partial charge on any atom is 0.248 e. The van der Waals surface area contributed by atoms with Crippen LogP contribution in [0.4, 0.5) is 5.69 Å². The molecule has 25 heavy (non-hydrogen) atoms. The lowest BCUT2D eigenvalue weighted by Crippen LogP contribution is -2.08. The normalized spacial score (nSPS) is 10.1. The van der Waals surface area contributed by atoms with E-state index >= 15 is 0 Å². The number of carbonyl (C=O) groups is 1. The molecule has 0 aliphatic rings. The van der Waals surface area contributed by atoms with Gasteiger partial charge in [-0.2, -0.15) is 0 Å². The van der Waals surface area contributed by atoms with E-state index in [1.165, 1.54) is 6.08 Å². The Bertz CT molecular complexity index is 932. The van der Waals surface area contributed by atoms with Gasteiger partial charge in [0.2, 0.25) is 5.91 Å². The first-order valence-electron chi connectivity index (χ1n) is 8.01. The fourth-order valence-corrected chi connectivity index (χ4v) is 2.27. The predicted molar refractivity (Wildman–Crippen MR) is 103 cm³/mol. The molecule has 0 aliphatic heterocycles. The lowest BCUT2D eigenvalue weighted by Gasteiger charge is -2.04. The molecule has 0 radical (unpaired) electrons. The quantitative estimate of drug-likeness (QED) is 0.547. The number of hydrogen-bond acceptors (Lipinski definition) is 1. The average molecular weight is 323 g/mol. The molecular formula is C23H17NO. The van der Waals surface area contributed by atoms with Gasteiger partial charge in [0.1, 0.15) is 0 Å². The van der Waals surface area contributed by atoms with E-state index in [1.54, 1.807) is 6.08 Å². The Balaban J connectivity index is 1.74. The fraction of sp³-hybridized carbons (Fsp3) is 0. The van der Waals surface area contributed by atoms with Crippen molar-refractivity contribution in [2.75, 3.05) is 5.32 Å². The third kappa shape index (κ3) is 4.95. The van der Waals surface area contributed by atoms with Gasteiger partial charge in [0.15, 0.2) is 0 Å². The van der Waals surface area contributed by atoms with E-state index in [0.29, 0.717) is 5.69 Å². The molecule has 0 aromatic heterocycles. The van der Waals surface area contributed by atoms with Crippen LogP contribution in [0.5, 0.6) is 0 Å². The molecule has 0 fully saturated rings. The summed E-state index contributed by atoms with van der Waals surface area (Å²) in [6.45, 7) is 0. The number of amides is 1. The first-order chi connectivity index (χ1) is 12.3. The van der Waals surface area contributed by atoms with Crippen LogP contribution < -0.4 is 5.32 Å². The van der Waals surface area contributed by atoms with E-state index in [9.17, 15) is 4.79 Å². The number of benzene rings is 3. The van der Waals surface area contributed by atoms with E-state index in [2.05, 4.69) is 17.2 Å². The summed E-state index contributed by atoms with van der Waals surface area (Å²) < 4.78 is 0. The fourth-order valence-electron chi connectivity index (χ4n) is 2.27. The highest BCUT2D eigenvalue weighted by atomic mass is 16.1. The molecule has 120 valence electrons. The van der Waals surface area contributed by atoms with Crippen molar-refractivity contribution in [1.82, 2.24) is 0 Å². The van der Waals surface area contributed by atoms with Gasteiger partial charge >= 0.3 is 0 Å². The minimum Gasteiger partial charge on any atom is -0.321 e. The molecule has 0 atom stereocenters. The molecule has 0 unspecified atom stereocenters. The van der Waals surface area contributed by atoms with Gasteiger partial charge in [-0.15, -0.1) is 0 Å². The molecule has 0 heterocycles. The molecule has 3 rings (SSSR count). The molecule has 3 aromatic rings. The zero-order valence-corrected chi connectivity index (χ0v) is 13.6. The smallest absolute Gasteiger partial charge is 0.248 e. The second-order valence-corrected chi connectivity index (χ2v) is 5.39. The molecule has 0 saturated heterocycles. The molecular weight excluding hydrogens is 306 g/mol. The van der Waals surface area contributed by atoms with Crippen molar-refractivity contribution in [3.63, 3.8) is 0 Å². The van der Waals surface area contributed by atoms with Gasteiger partial charge in [0.05, 0.1) is 5.69 Å². The Kier molecular flexibility index (Phi) is 5.43. The number of hydrogen-bond donors (Lipinski definition) is 1. The lowest BCUT2D eigenvalue weighted by molar-refractivity contribution is -0.111. The van der Waals surface area contributed by atoms with Crippen LogP contribution >= 0.6 is 0 Å².